The van der Waals surface area contributed by atoms with Crippen molar-refractivity contribution in [3.63, 3.8) is 0 Å². The van der Waals surface area contributed by atoms with Crippen molar-refractivity contribution < 1.29 is 24.2 Å². The van der Waals surface area contributed by atoms with Crippen LogP contribution in [0.15, 0.2) is 12.2 Å². The summed E-state index contributed by atoms with van der Waals surface area (Å²) in [7, 11) is 0. The lowest BCUT2D eigenvalue weighted by atomic mass is 10.0. The predicted molar refractivity (Wildman–Crippen MR) is 92.9 cm³/mol. The quantitative estimate of drug-likeness (QED) is 0.209. The summed E-state index contributed by atoms with van der Waals surface area (Å²) >= 11 is 0. The molecule has 1 saturated heterocycles. The molecule has 2 atom stereocenters. The molecule has 1 rings (SSSR count). The summed E-state index contributed by atoms with van der Waals surface area (Å²) in [5.74, 6) is -1.75. The molecule has 1 N–H and O–H groups in total. The minimum absolute atomic E-state index is 0.331. The Morgan fingerprint density at radius 2 is 1.50 bits per heavy atom. The van der Waals surface area contributed by atoms with E-state index in [1.807, 2.05) is 0 Å². The fourth-order valence-electron chi connectivity index (χ4n) is 2.80. The molecule has 0 radical (unpaired) electrons. The van der Waals surface area contributed by atoms with Crippen LogP contribution in [0, 0.1) is 0 Å². The van der Waals surface area contributed by atoms with Crippen molar-refractivity contribution in [3.05, 3.63) is 12.2 Å². The molecule has 0 aromatic heterocycles. The third kappa shape index (κ3) is 11.2. The van der Waals surface area contributed by atoms with Gasteiger partial charge < -0.3 is 14.6 Å². The number of rotatable bonds is 15. The number of carboxylic acid groups (broad SMARTS) is 1. The van der Waals surface area contributed by atoms with Crippen LogP contribution in [-0.2, 0) is 19.1 Å². The molecule has 1 heterocycles. The second kappa shape index (κ2) is 13.0. The minimum atomic E-state index is -1.15. The summed E-state index contributed by atoms with van der Waals surface area (Å²) in [6, 6.07) is 0. The van der Waals surface area contributed by atoms with Crippen LogP contribution in [0.4, 0.5) is 0 Å². The third-order valence-electron chi connectivity index (χ3n) is 4.27. The number of aliphatic carboxylic acids is 1. The average Bonchev–Trinajstić information content (AvgIpc) is 3.30. The number of carbonyl (C=O) groups excluding carboxylic acids is 1. The highest BCUT2D eigenvalue weighted by Crippen LogP contribution is 2.31. The lowest BCUT2D eigenvalue weighted by Crippen LogP contribution is -2.04. The van der Waals surface area contributed by atoms with Gasteiger partial charge in [-0.15, -0.1) is 0 Å². The summed E-state index contributed by atoms with van der Waals surface area (Å²) in [6.45, 7) is 2.57. The standard InChI is InChI=1S/C19H32O5/c1-2-3-4-5-6-7-8-11-16-17(24-16)12-9-10-15-23-19(22)14-13-18(20)21/h13-14,16-17H,2-12,15H2,1H3,(H,20,21)/b14-13-. The number of carboxylic acids is 1. The molecule has 0 aliphatic carbocycles. The molecule has 5 heteroatoms. The van der Waals surface area contributed by atoms with Gasteiger partial charge in [-0.25, -0.2) is 9.59 Å². The van der Waals surface area contributed by atoms with Gasteiger partial charge in [0.2, 0.25) is 0 Å². The van der Waals surface area contributed by atoms with E-state index < -0.39 is 11.9 Å². The van der Waals surface area contributed by atoms with Crippen LogP contribution in [0.25, 0.3) is 0 Å². The molecule has 138 valence electrons. The van der Waals surface area contributed by atoms with E-state index >= 15 is 0 Å². The van der Waals surface area contributed by atoms with Gasteiger partial charge in [0.05, 0.1) is 18.8 Å². The Morgan fingerprint density at radius 1 is 0.917 bits per heavy atom. The van der Waals surface area contributed by atoms with Crippen molar-refractivity contribution in [1.82, 2.24) is 0 Å². The molecule has 0 amide bonds. The van der Waals surface area contributed by atoms with E-state index in [4.69, 9.17) is 14.6 Å². The van der Waals surface area contributed by atoms with Crippen molar-refractivity contribution in [2.75, 3.05) is 6.61 Å². The molecule has 1 aliphatic heterocycles. The Bertz CT molecular complexity index is 391. The Balaban J connectivity index is 1.85. The summed E-state index contributed by atoms with van der Waals surface area (Å²) in [5.41, 5.74) is 0. The molecule has 5 nitrogen and oxygen atoms in total. The van der Waals surface area contributed by atoms with Crippen molar-refractivity contribution in [3.8, 4) is 0 Å². The molecule has 24 heavy (non-hydrogen) atoms. The van der Waals surface area contributed by atoms with E-state index in [2.05, 4.69) is 6.92 Å². The van der Waals surface area contributed by atoms with Crippen LogP contribution >= 0.6 is 0 Å². The number of ether oxygens (including phenoxy) is 2. The maximum absolute atomic E-state index is 11.1. The SMILES string of the molecule is CCCCCCCCCC1OC1CCCCOC(=O)/C=C\C(=O)O. The topological polar surface area (TPSA) is 76.1 Å². The maximum atomic E-state index is 11.1. The number of unbranched alkanes of at least 4 members (excludes halogenated alkanes) is 7. The van der Waals surface area contributed by atoms with E-state index in [1.54, 1.807) is 0 Å². The first-order chi connectivity index (χ1) is 11.6. The van der Waals surface area contributed by atoms with Crippen LogP contribution in [0.1, 0.15) is 77.6 Å². The van der Waals surface area contributed by atoms with Gasteiger partial charge in [-0.2, -0.15) is 0 Å². The number of hydrogen-bond acceptors (Lipinski definition) is 4. The lowest BCUT2D eigenvalue weighted by molar-refractivity contribution is -0.138. The number of carbonyl (C=O) groups is 2. The Morgan fingerprint density at radius 3 is 2.12 bits per heavy atom. The largest absolute Gasteiger partial charge is 0.478 e. The normalized spacial score (nSPS) is 19.5. The maximum Gasteiger partial charge on any atom is 0.331 e. The summed E-state index contributed by atoms with van der Waals surface area (Å²) in [4.78, 5) is 21.4. The predicted octanol–water partition coefficient (Wildman–Crippen LogP) is 4.25. The zero-order chi connectivity index (χ0) is 17.6. The summed E-state index contributed by atoms with van der Waals surface area (Å²) in [5, 5.41) is 8.38. The number of esters is 1. The third-order valence-corrected chi connectivity index (χ3v) is 4.27. The zero-order valence-corrected chi connectivity index (χ0v) is 14.9. The molecule has 0 aromatic rings. The fraction of sp³-hybridized carbons (Fsp3) is 0.789. The van der Waals surface area contributed by atoms with E-state index in [0.29, 0.717) is 18.8 Å². The highest BCUT2D eigenvalue weighted by Gasteiger charge is 2.36. The molecule has 0 aromatic carbocycles. The number of epoxide rings is 1. The van der Waals surface area contributed by atoms with Crippen LogP contribution in [-0.4, -0.2) is 35.9 Å². The first-order valence-corrected chi connectivity index (χ1v) is 9.36. The second-order valence-electron chi connectivity index (χ2n) is 6.46. The van der Waals surface area contributed by atoms with E-state index in [0.717, 1.165) is 31.4 Å². The van der Waals surface area contributed by atoms with Gasteiger partial charge in [0.15, 0.2) is 0 Å². The van der Waals surface area contributed by atoms with Crippen LogP contribution in [0.5, 0.6) is 0 Å². The van der Waals surface area contributed by atoms with E-state index in [9.17, 15) is 9.59 Å². The van der Waals surface area contributed by atoms with Crippen LogP contribution < -0.4 is 0 Å². The monoisotopic (exact) mass is 340 g/mol. The highest BCUT2D eigenvalue weighted by atomic mass is 16.6. The van der Waals surface area contributed by atoms with Gasteiger partial charge in [-0.05, 0) is 25.7 Å². The van der Waals surface area contributed by atoms with Crippen molar-refractivity contribution in [1.29, 1.82) is 0 Å². The minimum Gasteiger partial charge on any atom is -0.478 e. The van der Waals surface area contributed by atoms with Crippen LogP contribution in [0.3, 0.4) is 0 Å². The van der Waals surface area contributed by atoms with Crippen molar-refractivity contribution >= 4 is 11.9 Å². The van der Waals surface area contributed by atoms with Gasteiger partial charge in [0.1, 0.15) is 0 Å². The van der Waals surface area contributed by atoms with Gasteiger partial charge in [0, 0.05) is 12.2 Å². The number of hydrogen-bond donors (Lipinski definition) is 1. The molecular weight excluding hydrogens is 308 g/mol. The summed E-state index contributed by atoms with van der Waals surface area (Å²) < 4.78 is 10.6. The molecule has 1 fully saturated rings. The van der Waals surface area contributed by atoms with E-state index in [-0.39, 0.29) is 0 Å². The van der Waals surface area contributed by atoms with Gasteiger partial charge >= 0.3 is 11.9 Å². The first-order valence-electron chi connectivity index (χ1n) is 9.36. The van der Waals surface area contributed by atoms with Gasteiger partial charge in [-0.1, -0.05) is 51.9 Å². The van der Waals surface area contributed by atoms with Crippen molar-refractivity contribution in [2.24, 2.45) is 0 Å². The van der Waals surface area contributed by atoms with Crippen molar-refractivity contribution in [2.45, 2.75) is 89.8 Å². The summed E-state index contributed by atoms with van der Waals surface area (Å²) in [6.07, 6.45) is 15.8. The smallest absolute Gasteiger partial charge is 0.331 e. The lowest BCUT2D eigenvalue weighted by Gasteiger charge is -2.01. The molecule has 0 spiro atoms. The Hall–Kier alpha value is -1.36. The van der Waals surface area contributed by atoms with E-state index in [1.165, 1.54) is 51.4 Å². The second-order valence-corrected chi connectivity index (χ2v) is 6.46. The van der Waals surface area contributed by atoms with Crippen LogP contribution in [0.2, 0.25) is 0 Å². The first kappa shape index (κ1) is 20.7. The zero-order valence-electron chi connectivity index (χ0n) is 14.9. The highest BCUT2D eigenvalue weighted by molar-refractivity contribution is 5.90. The Labute approximate surface area is 145 Å². The molecular formula is C19H32O5. The molecule has 2 unspecified atom stereocenters. The van der Waals surface area contributed by atoms with Gasteiger partial charge in [-0.3, -0.25) is 0 Å². The Kier molecular flexibility index (Phi) is 11.2. The molecule has 1 aliphatic rings. The molecule has 0 bridgehead atoms. The van der Waals surface area contributed by atoms with Gasteiger partial charge in [0.25, 0.3) is 0 Å². The average molecular weight is 340 g/mol. The fourth-order valence-corrected chi connectivity index (χ4v) is 2.80. The molecule has 0 saturated carbocycles.